The molecular formula is C19H17F6N7O. The second-order valence-electron chi connectivity index (χ2n) is 6.64. The second-order valence-corrected chi connectivity index (χ2v) is 6.64. The number of aliphatic imine (C=N–C) groups is 2. The third kappa shape index (κ3) is 7.06. The van der Waals surface area contributed by atoms with Crippen molar-refractivity contribution in [1.82, 2.24) is 16.1 Å². The van der Waals surface area contributed by atoms with E-state index < -0.39 is 53.5 Å². The number of benzene rings is 1. The molecule has 0 bridgehead atoms. The number of allylic oxidation sites excluding steroid dienone is 1. The van der Waals surface area contributed by atoms with Crippen LogP contribution in [0.15, 0.2) is 45.6 Å². The van der Waals surface area contributed by atoms with Gasteiger partial charge in [-0.2, -0.15) is 41.7 Å². The van der Waals surface area contributed by atoms with Gasteiger partial charge in [0.25, 0.3) is 0 Å². The average molecular weight is 473 g/mol. The fraction of sp³-hybridized carbons (Fsp3) is 0.316. The van der Waals surface area contributed by atoms with Crippen molar-refractivity contribution in [2.24, 2.45) is 21.0 Å². The van der Waals surface area contributed by atoms with Gasteiger partial charge in [0.1, 0.15) is 11.5 Å². The lowest BCUT2D eigenvalue weighted by Gasteiger charge is -2.20. The van der Waals surface area contributed by atoms with Gasteiger partial charge in [-0.25, -0.2) is 15.2 Å². The smallest absolute Gasteiger partial charge is 0.315 e. The lowest BCUT2D eigenvalue weighted by atomic mass is 10.0. The lowest BCUT2D eigenvalue weighted by Crippen LogP contribution is -2.45. The molecule has 1 aromatic rings. The van der Waals surface area contributed by atoms with E-state index in [0.717, 1.165) is 12.1 Å². The van der Waals surface area contributed by atoms with Crippen molar-refractivity contribution >= 4 is 29.2 Å². The maximum absolute atomic E-state index is 13.3. The number of nitrogens with one attached hydrogen (secondary N) is 3. The number of rotatable bonds is 2. The molecule has 0 saturated heterocycles. The van der Waals surface area contributed by atoms with E-state index in [9.17, 15) is 31.1 Å². The van der Waals surface area contributed by atoms with Crippen LogP contribution in [0.5, 0.6) is 0 Å². The number of amides is 2. The molecule has 33 heavy (non-hydrogen) atoms. The molecule has 1 heterocycles. The molecule has 0 aliphatic carbocycles. The summed E-state index contributed by atoms with van der Waals surface area (Å²) in [5.74, 6) is -1.89. The number of amidine groups is 1. The fourth-order valence-electron chi connectivity index (χ4n) is 2.54. The minimum absolute atomic E-state index is 0.296. The van der Waals surface area contributed by atoms with Crippen molar-refractivity contribution < 1.29 is 31.1 Å². The molecule has 0 fully saturated rings. The molecule has 1 atom stereocenters. The predicted molar refractivity (Wildman–Crippen MR) is 108 cm³/mol. The van der Waals surface area contributed by atoms with E-state index in [0.29, 0.717) is 6.07 Å². The molecule has 0 aromatic heterocycles. The molecule has 176 valence electrons. The van der Waals surface area contributed by atoms with Gasteiger partial charge in [0, 0.05) is 18.5 Å². The number of hydrogen-bond acceptors (Lipinski definition) is 5. The Bertz CT molecular complexity index is 1060. The Balaban J connectivity index is 2.55. The quantitative estimate of drug-likeness (QED) is 0.555. The van der Waals surface area contributed by atoms with Crippen LogP contribution in [0.4, 0.5) is 36.8 Å². The van der Waals surface area contributed by atoms with Crippen LogP contribution < -0.4 is 16.1 Å². The lowest BCUT2D eigenvalue weighted by molar-refractivity contribution is -0.137. The highest BCUT2D eigenvalue weighted by Crippen LogP contribution is 2.34. The van der Waals surface area contributed by atoms with E-state index >= 15 is 0 Å². The predicted octanol–water partition coefficient (Wildman–Crippen LogP) is 4.34. The summed E-state index contributed by atoms with van der Waals surface area (Å²) in [5, 5.41) is 16.5. The largest absolute Gasteiger partial charge is 0.431 e. The highest BCUT2D eigenvalue weighted by molar-refractivity contribution is 6.06. The number of carbonyl (C=O) groups excluding carboxylic acids is 1. The summed E-state index contributed by atoms with van der Waals surface area (Å²) >= 11 is 0. The van der Waals surface area contributed by atoms with Crippen LogP contribution in [0, 0.1) is 17.2 Å². The number of hydrazone groups is 1. The average Bonchev–Trinajstić information content (AvgIpc) is 2.71. The minimum atomic E-state index is -4.85. The first kappa shape index (κ1) is 25.4. The summed E-state index contributed by atoms with van der Waals surface area (Å²) in [6.07, 6.45) is -7.63. The standard InChI is InChI=1S/C19H17F6N7O/c1-3-6-27-17(33)30-16-29-15(10(2)7-14(31-32-16)19(23,24)25)28-12-5-4-11(9-26)13(8-12)18(20,21)22/h3-6,8,10H,7H2,1-2H3,(H3,27,28,29,30,32,33)/b6-3+,31-14+/t10-/m0/s1. The van der Waals surface area contributed by atoms with E-state index in [4.69, 9.17) is 5.26 Å². The SMILES string of the molecule is C/C=C/NC(=O)NC1=NC(=Nc2ccc(C#N)c(C(F)(F)F)c2)[C@@H](C)C/C(C(F)(F)F)=N\N1. The molecular weight excluding hydrogens is 456 g/mol. The summed E-state index contributed by atoms with van der Waals surface area (Å²) in [4.78, 5) is 19.8. The van der Waals surface area contributed by atoms with Crippen molar-refractivity contribution in [3.8, 4) is 6.07 Å². The van der Waals surface area contributed by atoms with Gasteiger partial charge in [0.05, 0.1) is 22.9 Å². The minimum Gasteiger partial charge on any atom is -0.315 e. The maximum atomic E-state index is 13.3. The number of urea groups is 1. The fourth-order valence-corrected chi connectivity index (χ4v) is 2.54. The molecule has 0 saturated carbocycles. The van der Waals surface area contributed by atoms with E-state index in [1.165, 1.54) is 25.3 Å². The zero-order valence-electron chi connectivity index (χ0n) is 17.1. The van der Waals surface area contributed by atoms with Crippen molar-refractivity contribution in [1.29, 1.82) is 5.26 Å². The van der Waals surface area contributed by atoms with E-state index in [1.54, 1.807) is 6.92 Å². The normalized spacial score (nSPS) is 20.1. The van der Waals surface area contributed by atoms with E-state index in [2.05, 4.69) is 25.7 Å². The number of hydrogen-bond donors (Lipinski definition) is 3. The molecule has 1 aliphatic heterocycles. The number of guanidine groups is 1. The van der Waals surface area contributed by atoms with E-state index in [-0.39, 0.29) is 11.5 Å². The van der Waals surface area contributed by atoms with Crippen molar-refractivity contribution in [3.63, 3.8) is 0 Å². The summed E-state index contributed by atoms with van der Waals surface area (Å²) in [6.45, 7) is 2.92. The van der Waals surface area contributed by atoms with Crippen LogP contribution in [-0.4, -0.2) is 29.7 Å². The molecule has 0 radical (unpaired) electrons. The Labute approximate surface area is 183 Å². The molecule has 8 nitrogen and oxygen atoms in total. The van der Waals surface area contributed by atoms with Gasteiger partial charge in [-0.1, -0.05) is 13.0 Å². The third-order valence-corrected chi connectivity index (χ3v) is 4.08. The Morgan fingerprint density at radius 1 is 1.27 bits per heavy atom. The summed E-state index contributed by atoms with van der Waals surface area (Å²) < 4.78 is 79.6. The number of carbonyl (C=O) groups is 1. The van der Waals surface area contributed by atoms with Gasteiger partial charge in [0.2, 0.25) is 5.96 Å². The Kier molecular flexibility index (Phi) is 7.81. The molecule has 2 rings (SSSR count). The van der Waals surface area contributed by atoms with Crippen LogP contribution in [0.3, 0.4) is 0 Å². The third-order valence-electron chi connectivity index (χ3n) is 4.08. The Morgan fingerprint density at radius 2 is 1.97 bits per heavy atom. The first-order valence-electron chi connectivity index (χ1n) is 9.22. The van der Waals surface area contributed by atoms with Crippen LogP contribution in [-0.2, 0) is 6.18 Å². The molecule has 0 unspecified atom stereocenters. The molecule has 2 amide bonds. The Morgan fingerprint density at radius 3 is 2.55 bits per heavy atom. The van der Waals surface area contributed by atoms with Crippen LogP contribution in [0.25, 0.3) is 0 Å². The number of alkyl halides is 6. The summed E-state index contributed by atoms with van der Waals surface area (Å²) in [5.41, 5.74) is -1.43. The highest BCUT2D eigenvalue weighted by atomic mass is 19.4. The zero-order chi connectivity index (χ0) is 24.8. The van der Waals surface area contributed by atoms with E-state index in [1.807, 2.05) is 5.43 Å². The molecule has 14 heteroatoms. The number of halogens is 6. The van der Waals surface area contributed by atoms with Crippen LogP contribution in [0.1, 0.15) is 31.4 Å². The van der Waals surface area contributed by atoms with Crippen molar-refractivity contribution in [2.45, 2.75) is 32.6 Å². The van der Waals surface area contributed by atoms with Gasteiger partial charge in [-0.05, 0) is 25.1 Å². The summed E-state index contributed by atoms with van der Waals surface area (Å²) in [7, 11) is 0. The first-order chi connectivity index (χ1) is 15.3. The number of nitriles is 1. The first-order valence-corrected chi connectivity index (χ1v) is 9.22. The van der Waals surface area contributed by atoms with Gasteiger partial charge in [-0.3, -0.25) is 5.32 Å². The number of nitrogens with zero attached hydrogens (tertiary/aromatic N) is 4. The molecule has 3 N–H and O–H groups in total. The highest BCUT2D eigenvalue weighted by Gasteiger charge is 2.38. The topological polar surface area (TPSA) is 114 Å². The van der Waals surface area contributed by atoms with Crippen LogP contribution in [0.2, 0.25) is 0 Å². The van der Waals surface area contributed by atoms with Crippen LogP contribution >= 0.6 is 0 Å². The Hall–Kier alpha value is -3.89. The van der Waals surface area contributed by atoms with Gasteiger partial charge < -0.3 is 5.32 Å². The molecule has 1 aromatic carbocycles. The summed E-state index contributed by atoms with van der Waals surface area (Å²) in [6, 6.07) is 3.13. The van der Waals surface area contributed by atoms with Gasteiger partial charge in [-0.15, -0.1) is 0 Å². The van der Waals surface area contributed by atoms with Crippen molar-refractivity contribution in [2.75, 3.05) is 0 Å². The maximum Gasteiger partial charge on any atom is 0.431 e. The molecule has 0 spiro atoms. The second kappa shape index (κ2) is 10.2. The van der Waals surface area contributed by atoms with Crippen molar-refractivity contribution in [3.05, 3.63) is 41.6 Å². The zero-order valence-corrected chi connectivity index (χ0v) is 17.1. The molecule has 1 aliphatic rings. The monoisotopic (exact) mass is 473 g/mol. The van der Waals surface area contributed by atoms with Gasteiger partial charge in [0.15, 0.2) is 0 Å². The van der Waals surface area contributed by atoms with Gasteiger partial charge >= 0.3 is 18.4 Å².